The zero-order valence-electron chi connectivity index (χ0n) is 8.30. The van der Waals surface area contributed by atoms with Crippen LogP contribution in [0.5, 0.6) is 0 Å². The Hall–Kier alpha value is -0.420. The molecule has 84 valence electrons. The van der Waals surface area contributed by atoms with Gasteiger partial charge in [-0.1, -0.05) is 0 Å². The van der Waals surface area contributed by atoms with Gasteiger partial charge in [0, 0.05) is 13.5 Å². The summed E-state index contributed by atoms with van der Waals surface area (Å²) < 4.78 is 19.9. The number of esters is 1. The molecule has 0 fully saturated rings. The van der Waals surface area contributed by atoms with E-state index in [1.807, 2.05) is 0 Å². The van der Waals surface area contributed by atoms with Crippen molar-refractivity contribution in [3.8, 4) is 0 Å². The van der Waals surface area contributed by atoms with Crippen molar-refractivity contribution in [2.45, 2.75) is 25.0 Å². The second-order valence-corrected chi connectivity index (χ2v) is 4.94. The molecule has 0 aliphatic heterocycles. The van der Waals surface area contributed by atoms with Gasteiger partial charge in [0.2, 0.25) is 0 Å². The molecular formula is C7H16NO5P. The first-order valence-electron chi connectivity index (χ1n) is 4.14. The Labute approximate surface area is 82.9 Å². The standard InChI is InChI=1S/C7H16NO5P/c1-12-7(9)5-3-4-6(8)14(10,11)13-2/h6H,3-5,8H2,1-2H3,(H,10,11)/t6-/m0/s1. The van der Waals surface area contributed by atoms with Gasteiger partial charge in [-0.3, -0.25) is 9.36 Å². The molecule has 14 heavy (non-hydrogen) atoms. The summed E-state index contributed by atoms with van der Waals surface area (Å²) in [5, 5.41) is 0. The molecule has 6 nitrogen and oxygen atoms in total. The van der Waals surface area contributed by atoms with Gasteiger partial charge in [0.25, 0.3) is 0 Å². The molecular weight excluding hydrogens is 209 g/mol. The summed E-state index contributed by atoms with van der Waals surface area (Å²) in [4.78, 5) is 19.8. The van der Waals surface area contributed by atoms with Crippen molar-refractivity contribution < 1.29 is 23.5 Å². The van der Waals surface area contributed by atoms with Crippen LogP contribution in [0.3, 0.4) is 0 Å². The molecule has 3 N–H and O–H groups in total. The molecule has 0 saturated heterocycles. The van der Waals surface area contributed by atoms with E-state index < -0.39 is 13.4 Å². The smallest absolute Gasteiger partial charge is 0.344 e. The molecule has 2 atom stereocenters. The first kappa shape index (κ1) is 13.6. The van der Waals surface area contributed by atoms with Crippen LogP contribution in [-0.4, -0.2) is 30.9 Å². The lowest BCUT2D eigenvalue weighted by Crippen LogP contribution is -2.21. The molecule has 0 rings (SSSR count). The van der Waals surface area contributed by atoms with Crippen molar-refractivity contribution in [3.63, 3.8) is 0 Å². The molecule has 0 aromatic rings. The molecule has 0 radical (unpaired) electrons. The van der Waals surface area contributed by atoms with Crippen LogP contribution in [0.2, 0.25) is 0 Å². The molecule has 7 heteroatoms. The molecule has 0 saturated carbocycles. The van der Waals surface area contributed by atoms with Crippen LogP contribution in [0, 0.1) is 0 Å². The van der Waals surface area contributed by atoms with Crippen LogP contribution in [0.25, 0.3) is 0 Å². The highest BCUT2D eigenvalue weighted by Gasteiger charge is 2.27. The van der Waals surface area contributed by atoms with Gasteiger partial charge in [-0.05, 0) is 12.8 Å². The van der Waals surface area contributed by atoms with Crippen molar-refractivity contribution in [1.29, 1.82) is 0 Å². The Morgan fingerprint density at radius 2 is 2.14 bits per heavy atom. The number of hydrogen-bond acceptors (Lipinski definition) is 5. The third kappa shape index (κ3) is 4.72. The molecule has 0 bridgehead atoms. The fourth-order valence-electron chi connectivity index (χ4n) is 0.856. The van der Waals surface area contributed by atoms with Gasteiger partial charge in [-0.25, -0.2) is 0 Å². The summed E-state index contributed by atoms with van der Waals surface area (Å²) in [7, 11) is -1.30. The molecule has 1 unspecified atom stereocenters. The highest BCUT2D eigenvalue weighted by Crippen LogP contribution is 2.45. The van der Waals surface area contributed by atoms with Crippen molar-refractivity contribution in [1.82, 2.24) is 0 Å². The number of carbonyl (C=O) groups is 1. The number of ether oxygens (including phenoxy) is 1. The lowest BCUT2D eigenvalue weighted by molar-refractivity contribution is -0.140. The van der Waals surface area contributed by atoms with E-state index in [-0.39, 0.29) is 18.8 Å². The Bertz CT molecular complexity index is 232. The number of hydrogen-bond donors (Lipinski definition) is 2. The van der Waals surface area contributed by atoms with E-state index in [9.17, 15) is 9.36 Å². The normalized spacial score (nSPS) is 17.1. The zero-order valence-corrected chi connectivity index (χ0v) is 9.20. The zero-order chi connectivity index (χ0) is 11.2. The third-order valence-electron chi connectivity index (χ3n) is 1.79. The minimum atomic E-state index is -3.71. The van der Waals surface area contributed by atoms with Gasteiger partial charge < -0.3 is 19.9 Å². The second kappa shape index (κ2) is 6.14. The summed E-state index contributed by atoms with van der Waals surface area (Å²) in [6, 6.07) is 0. The molecule has 0 aliphatic rings. The summed E-state index contributed by atoms with van der Waals surface area (Å²) in [6.07, 6.45) is 0.840. The maximum atomic E-state index is 11.1. The topological polar surface area (TPSA) is 98.9 Å². The van der Waals surface area contributed by atoms with Gasteiger partial charge in [0.15, 0.2) is 0 Å². The largest absolute Gasteiger partial charge is 0.469 e. The third-order valence-corrected chi connectivity index (χ3v) is 3.41. The SMILES string of the molecule is COC(=O)CCC[C@@H](N)P(=O)(O)OC. The minimum Gasteiger partial charge on any atom is -0.469 e. The van der Waals surface area contributed by atoms with Crippen molar-refractivity contribution in [2.24, 2.45) is 5.73 Å². The lowest BCUT2D eigenvalue weighted by Gasteiger charge is -2.16. The van der Waals surface area contributed by atoms with Crippen LogP contribution in [-0.2, 0) is 18.6 Å². The number of nitrogens with two attached hydrogens (primary N) is 1. The van der Waals surface area contributed by atoms with Crippen molar-refractivity contribution in [3.05, 3.63) is 0 Å². The van der Waals surface area contributed by atoms with Crippen molar-refractivity contribution >= 4 is 13.6 Å². The number of methoxy groups -OCH3 is 1. The van der Waals surface area contributed by atoms with Gasteiger partial charge in [0.1, 0.15) is 5.78 Å². The summed E-state index contributed by atoms with van der Waals surface area (Å²) >= 11 is 0. The fraction of sp³-hybridized carbons (Fsp3) is 0.857. The molecule has 0 spiro atoms. The highest BCUT2D eigenvalue weighted by atomic mass is 31.2. The van der Waals surface area contributed by atoms with E-state index in [1.54, 1.807) is 0 Å². The maximum Gasteiger partial charge on any atom is 0.344 e. The fourth-order valence-corrected chi connectivity index (χ4v) is 1.64. The quantitative estimate of drug-likeness (QED) is 0.503. The average Bonchev–Trinajstić information content (AvgIpc) is 2.17. The van der Waals surface area contributed by atoms with Crippen LogP contribution >= 0.6 is 7.60 Å². The van der Waals surface area contributed by atoms with Crippen LogP contribution < -0.4 is 5.73 Å². The predicted octanol–water partition coefficient (Wildman–Crippen LogP) is 0.446. The Morgan fingerprint density at radius 3 is 2.57 bits per heavy atom. The summed E-state index contributed by atoms with van der Waals surface area (Å²) in [6.45, 7) is 0. The molecule has 0 heterocycles. The van der Waals surface area contributed by atoms with Gasteiger partial charge in [-0.2, -0.15) is 0 Å². The predicted molar refractivity (Wildman–Crippen MR) is 50.7 cm³/mol. The van der Waals surface area contributed by atoms with E-state index in [2.05, 4.69) is 9.26 Å². The van der Waals surface area contributed by atoms with Crippen molar-refractivity contribution in [2.75, 3.05) is 14.2 Å². The van der Waals surface area contributed by atoms with E-state index >= 15 is 0 Å². The van der Waals surface area contributed by atoms with Crippen LogP contribution in [0.4, 0.5) is 0 Å². The summed E-state index contributed by atoms with van der Waals surface area (Å²) in [5.41, 5.74) is 5.40. The highest BCUT2D eigenvalue weighted by molar-refractivity contribution is 7.53. The molecule has 0 amide bonds. The minimum absolute atomic E-state index is 0.188. The average molecular weight is 225 g/mol. The first-order valence-corrected chi connectivity index (χ1v) is 5.79. The molecule has 0 aromatic carbocycles. The van der Waals surface area contributed by atoms with E-state index in [0.717, 1.165) is 7.11 Å². The van der Waals surface area contributed by atoms with Gasteiger partial charge >= 0.3 is 13.6 Å². The van der Waals surface area contributed by atoms with E-state index in [0.29, 0.717) is 6.42 Å². The lowest BCUT2D eigenvalue weighted by atomic mass is 10.2. The van der Waals surface area contributed by atoms with Crippen LogP contribution in [0.15, 0.2) is 0 Å². The Kier molecular flexibility index (Phi) is 5.95. The van der Waals surface area contributed by atoms with Gasteiger partial charge in [-0.15, -0.1) is 0 Å². The van der Waals surface area contributed by atoms with Crippen LogP contribution in [0.1, 0.15) is 19.3 Å². The molecule has 0 aliphatic carbocycles. The maximum absolute atomic E-state index is 11.1. The number of carbonyl (C=O) groups excluding carboxylic acids is 1. The first-order chi connectivity index (χ1) is 6.44. The van der Waals surface area contributed by atoms with E-state index in [1.165, 1.54) is 7.11 Å². The van der Waals surface area contributed by atoms with Gasteiger partial charge in [0.05, 0.1) is 7.11 Å². The Morgan fingerprint density at radius 1 is 1.57 bits per heavy atom. The number of rotatable bonds is 6. The van der Waals surface area contributed by atoms with E-state index in [4.69, 9.17) is 10.6 Å². The Balaban J connectivity index is 3.80. The second-order valence-electron chi connectivity index (χ2n) is 2.78. The summed E-state index contributed by atoms with van der Waals surface area (Å²) in [5.74, 6) is -1.31. The monoisotopic (exact) mass is 225 g/mol. The molecule has 0 aromatic heterocycles.